The van der Waals surface area contributed by atoms with Crippen molar-refractivity contribution in [2.45, 2.75) is 64.1 Å². The summed E-state index contributed by atoms with van der Waals surface area (Å²) in [5.74, 6) is -0.724. The molecule has 0 fully saturated rings. The Hall–Kier alpha value is -3.17. The Morgan fingerprint density at radius 3 is 2.21 bits per heavy atom. The normalized spacial score (nSPS) is 12.8. The smallest absolute Gasteiger partial charge is 0.264 e. The maximum atomic E-state index is 14.1. The van der Waals surface area contributed by atoms with Crippen molar-refractivity contribution >= 4 is 43.5 Å². The van der Waals surface area contributed by atoms with Crippen molar-refractivity contribution in [3.05, 3.63) is 94.5 Å². The van der Waals surface area contributed by atoms with Crippen LogP contribution in [-0.4, -0.2) is 43.8 Å². The maximum Gasteiger partial charge on any atom is 0.264 e. The first-order valence-corrected chi connectivity index (χ1v) is 15.3. The van der Waals surface area contributed by atoms with Gasteiger partial charge in [0.05, 0.1) is 10.6 Å². The van der Waals surface area contributed by atoms with E-state index in [9.17, 15) is 18.0 Å². The molecule has 2 amide bonds. The van der Waals surface area contributed by atoms with Gasteiger partial charge in [-0.3, -0.25) is 13.9 Å². The van der Waals surface area contributed by atoms with E-state index in [-0.39, 0.29) is 23.4 Å². The van der Waals surface area contributed by atoms with Crippen LogP contribution < -0.4 is 9.62 Å². The van der Waals surface area contributed by atoms with Gasteiger partial charge in [0.2, 0.25) is 11.8 Å². The molecule has 0 spiro atoms. The molecule has 2 atom stereocenters. The lowest BCUT2D eigenvalue weighted by Gasteiger charge is -2.34. The van der Waals surface area contributed by atoms with Gasteiger partial charge < -0.3 is 10.2 Å². The van der Waals surface area contributed by atoms with Crippen LogP contribution in [0.25, 0.3) is 0 Å². The number of anilines is 1. The largest absolute Gasteiger partial charge is 0.352 e. The summed E-state index contributed by atoms with van der Waals surface area (Å²) in [5, 5.41) is 2.99. The van der Waals surface area contributed by atoms with Gasteiger partial charge in [-0.1, -0.05) is 78.3 Å². The molecule has 0 heterocycles. The minimum absolute atomic E-state index is 0.0569. The minimum atomic E-state index is -4.09. The topological polar surface area (TPSA) is 86.8 Å². The third-order valence-corrected chi connectivity index (χ3v) is 8.98. The molecule has 0 aliphatic carbocycles. The van der Waals surface area contributed by atoms with Gasteiger partial charge in [-0.25, -0.2) is 8.42 Å². The first-order valence-electron chi connectivity index (χ1n) is 13.1. The number of nitrogens with zero attached hydrogens (tertiary/aromatic N) is 2. The third-order valence-electron chi connectivity index (χ3n) is 6.70. The molecule has 0 aromatic heterocycles. The Morgan fingerprint density at radius 2 is 1.59 bits per heavy atom. The number of hydrogen-bond donors (Lipinski definition) is 1. The fourth-order valence-corrected chi connectivity index (χ4v) is 6.03. The first-order chi connectivity index (χ1) is 18.6. The molecule has 208 valence electrons. The van der Waals surface area contributed by atoms with Crippen molar-refractivity contribution in [3.8, 4) is 0 Å². The molecule has 3 aromatic carbocycles. The molecule has 39 heavy (non-hydrogen) atoms. The van der Waals surface area contributed by atoms with Crippen LogP contribution in [0.5, 0.6) is 0 Å². The molecule has 0 unspecified atom stereocenters. The van der Waals surface area contributed by atoms with Crippen LogP contribution in [0.2, 0.25) is 0 Å². The van der Waals surface area contributed by atoms with Crippen molar-refractivity contribution in [3.63, 3.8) is 0 Å². The van der Waals surface area contributed by atoms with Gasteiger partial charge in [0.1, 0.15) is 12.6 Å². The van der Waals surface area contributed by atoms with Crippen molar-refractivity contribution in [1.82, 2.24) is 10.2 Å². The third kappa shape index (κ3) is 7.70. The number of carbonyl (C=O) groups excluding carboxylic acids is 2. The zero-order chi connectivity index (χ0) is 28.6. The molecule has 0 radical (unpaired) electrons. The minimum Gasteiger partial charge on any atom is -0.352 e. The molecule has 0 bridgehead atoms. The number of amides is 2. The van der Waals surface area contributed by atoms with Crippen molar-refractivity contribution < 1.29 is 18.0 Å². The molecule has 9 heteroatoms. The van der Waals surface area contributed by atoms with E-state index < -0.39 is 28.5 Å². The summed E-state index contributed by atoms with van der Waals surface area (Å²) in [6.07, 6.45) is 1.13. The van der Waals surface area contributed by atoms with Crippen LogP contribution in [0.15, 0.2) is 88.2 Å². The zero-order valence-corrected chi connectivity index (χ0v) is 25.2. The van der Waals surface area contributed by atoms with E-state index in [4.69, 9.17) is 0 Å². The van der Waals surface area contributed by atoms with Gasteiger partial charge in [0.15, 0.2) is 0 Å². The molecule has 0 saturated carbocycles. The number of benzene rings is 3. The fraction of sp³-hybridized carbons (Fsp3) is 0.333. The van der Waals surface area contributed by atoms with Gasteiger partial charge in [-0.05, 0) is 68.1 Å². The monoisotopic (exact) mass is 613 g/mol. The Balaban J connectivity index is 2.06. The van der Waals surface area contributed by atoms with E-state index in [0.717, 1.165) is 21.9 Å². The van der Waals surface area contributed by atoms with Gasteiger partial charge in [-0.2, -0.15) is 0 Å². The lowest BCUT2D eigenvalue weighted by molar-refractivity contribution is -0.140. The lowest BCUT2D eigenvalue weighted by atomic mass is 10.1. The van der Waals surface area contributed by atoms with Crippen LogP contribution in [-0.2, 0) is 26.2 Å². The molecule has 1 N–H and O–H groups in total. The van der Waals surface area contributed by atoms with E-state index in [1.54, 1.807) is 42.5 Å². The highest BCUT2D eigenvalue weighted by Gasteiger charge is 2.34. The van der Waals surface area contributed by atoms with E-state index in [1.165, 1.54) is 17.0 Å². The standard InChI is InChI=1S/C30H36BrN3O4S/c1-5-23(4)32-30(36)28(6-2)33(20-24-14-11-10-13-22(24)3)29(35)21-34(26-16-12-15-25(31)19-26)39(37,38)27-17-8-7-9-18-27/h7-19,23,28H,5-6,20-21H2,1-4H3,(H,32,36)/t23-,28-/m0/s1. The number of halogens is 1. The van der Waals surface area contributed by atoms with Gasteiger partial charge >= 0.3 is 0 Å². The summed E-state index contributed by atoms with van der Waals surface area (Å²) in [7, 11) is -4.09. The highest BCUT2D eigenvalue weighted by atomic mass is 79.9. The van der Waals surface area contributed by atoms with Crippen LogP contribution >= 0.6 is 15.9 Å². The number of hydrogen-bond acceptors (Lipinski definition) is 4. The fourth-order valence-electron chi connectivity index (χ4n) is 4.21. The highest BCUT2D eigenvalue weighted by Crippen LogP contribution is 2.27. The Morgan fingerprint density at radius 1 is 0.923 bits per heavy atom. The second-order valence-electron chi connectivity index (χ2n) is 9.49. The SMILES string of the molecule is CC[C@H](C)NC(=O)[C@H](CC)N(Cc1ccccc1C)C(=O)CN(c1cccc(Br)c1)S(=O)(=O)c1ccccc1. The predicted octanol–water partition coefficient (Wildman–Crippen LogP) is 5.67. The summed E-state index contributed by atoms with van der Waals surface area (Å²) >= 11 is 3.41. The second kappa shape index (κ2) is 13.8. The molecule has 0 aliphatic rings. The van der Waals surface area contributed by atoms with E-state index in [1.807, 2.05) is 52.0 Å². The number of rotatable bonds is 12. The average molecular weight is 615 g/mol. The summed E-state index contributed by atoms with van der Waals surface area (Å²) in [5.41, 5.74) is 2.21. The lowest BCUT2D eigenvalue weighted by Crippen LogP contribution is -2.53. The molecule has 3 aromatic rings. The quantitative estimate of drug-likeness (QED) is 0.285. The average Bonchev–Trinajstić information content (AvgIpc) is 2.92. The molecule has 0 aliphatic heterocycles. The summed E-state index contributed by atoms with van der Waals surface area (Å²) < 4.78 is 29.5. The maximum absolute atomic E-state index is 14.1. The summed E-state index contributed by atoms with van der Waals surface area (Å²) in [6, 6.07) is 21.7. The molecule has 3 rings (SSSR count). The van der Waals surface area contributed by atoms with Gasteiger partial charge in [-0.15, -0.1) is 0 Å². The van der Waals surface area contributed by atoms with E-state index in [2.05, 4.69) is 21.2 Å². The molecular weight excluding hydrogens is 578 g/mol. The first kappa shape index (κ1) is 30.4. The number of nitrogens with one attached hydrogen (secondary N) is 1. The van der Waals surface area contributed by atoms with Crippen LogP contribution in [0.4, 0.5) is 5.69 Å². The summed E-state index contributed by atoms with van der Waals surface area (Å²) in [6.45, 7) is 7.41. The highest BCUT2D eigenvalue weighted by molar-refractivity contribution is 9.10. The van der Waals surface area contributed by atoms with Crippen LogP contribution in [0.1, 0.15) is 44.7 Å². The van der Waals surface area contributed by atoms with Crippen molar-refractivity contribution in [2.24, 2.45) is 0 Å². The molecule has 0 saturated heterocycles. The zero-order valence-electron chi connectivity index (χ0n) is 22.8. The Labute approximate surface area is 240 Å². The molecule has 7 nitrogen and oxygen atoms in total. The van der Waals surface area contributed by atoms with E-state index >= 15 is 0 Å². The second-order valence-corrected chi connectivity index (χ2v) is 12.3. The number of sulfonamides is 1. The van der Waals surface area contributed by atoms with Gasteiger partial charge in [0.25, 0.3) is 10.0 Å². The van der Waals surface area contributed by atoms with Crippen molar-refractivity contribution in [1.29, 1.82) is 0 Å². The van der Waals surface area contributed by atoms with Crippen LogP contribution in [0, 0.1) is 6.92 Å². The van der Waals surface area contributed by atoms with Crippen molar-refractivity contribution in [2.75, 3.05) is 10.8 Å². The number of carbonyl (C=O) groups is 2. The number of aryl methyl sites for hydroxylation is 1. The van der Waals surface area contributed by atoms with Gasteiger partial charge in [0, 0.05) is 17.1 Å². The summed E-state index contributed by atoms with van der Waals surface area (Å²) in [4.78, 5) is 29.0. The Kier molecular flexibility index (Phi) is 10.7. The molecular formula is C30H36BrN3O4S. The van der Waals surface area contributed by atoms with Crippen LogP contribution in [0.3, 0.4) is 0 Å². The Bertz CT molecular complexity index is 1380. The van der Waals surface area contributed by atoms with E-state index in [0.29, 0.717) is 16.6 Å². The predicted molar refractivity (Wildman–Crippen MR) is 159 cm³/mol.